The van der Waals surface area contributed by atoms with Crippen LogP contribution in [-0.4, -0.2) is 66.3 Å². The number of alkyl halides is 7. The Morgan fingerprint density at radius 2 is 1.66 bits per heavy atom. The van der Waals surface area contributed by atoms with Gasteiger partial charge >= 0.3 is 18.0 Å². The molecule has 3 aliphatic rings. The number of carbonyl (C=O) groups is 1. The molecule has 1 saturated carbocycles. The number of rotatable bonds is 4. The van der Waals surface area contributed by atoms with Crippen molar-refractivity contribution in [3.63, 3.8) is 0 Å². The van der Waals surface area contributed by atoms with Crippen molar-refractivity contribution in [1.29, 1.82) is 0 Å². The van der Waals surface area contributed by atoms with Crippen LogP contribution in [0.1, 0.15) is 32.6 Å². The van der Waals surface area contributed by atoms with Crippen LogP contribution in [0.25, 0.3) is 0 Å². The Morgan fingerprint density at radius 3 is 2.18 bits per heavy atom. The van der Waals surface area contributed by atoms with Gasteiger partial charge in [0.1, 0.15) is 17.2 Å². The van der Waals surface area contributed by atoms with Crippen LogP contribution in [0.2, 0.25) is 0 Å². The fourth-order valence-electron chi connectivity index (χ4n) is 6.38. The number of benzene rings is 1. The molecule has 1 amide bonds. The van der Waals surface area contributed by atoms with E-state index in [-0.39, 0.29) is 36.3 Å². The molecule has 0 radical (unpaired) electrons. The van der Waals surface area contributed by atoms with Crippen molar-refractivity contribution in [2.24, 2.45) is 5.41 Å². The highest BCUT2D eigenvalue weighted by Gasteiger charge is 2.75. The predicted molar refractivity (Wildman–Crippen MR) is 118 cm³/mol. The molecule has 38 heavy (non-hydrogen) atoms. The van der Waals surface area contributed by atoms with Crippen molar-refractivity contribution in [3.05, 3.63) is 53.4 Å². The van der Waals surface area contributed by atoms with E-state index in [4.69, 9.17) is 0 Å². The monoisotopic (exact) mass is 573 g/mol. The van der Waals surface area contributed by atoms with Gasteiger partial charge in [-0.25, -0.2) is 17.2 Å². The van der Waals surface area contributed by atoms with Gasteiger partial charge in [0.25, 0.3) is 0 Å². The molecule has 1 saturated heterocycles. The Hall–Kier alpha value is -2.48. The third kappa shape index (κ3) is 3.65. The molecule has 1 aliphatic heterocycles. The van der Waals surface area contributed by atoms with Gasteiger partial charge in [-0.1, -0.05) is 24.6 Å². The van der Waals surface area contributed by atoms with Gasteiger partial charge in [-0.2, -0.15) is 26.3 Å². The molecule has 2 aliphatic carbocycles. The predicted octanol–water partition coefficient (Wildman–Crippen LogP) is 4.82. The molecule has 1 unspecified atom stereocenters. The third-order valence-corrected chi connectivity index (χ3v) is 11.0. The number of aliphatic hydroxyl groups is 1. The zero-order chi connectivity index (χ0) is 28.5. The molecule has 1 N–H and O–H groups in total. The number of allylic oxidation sites excluding steroid dienone is 4. The highest BCUT2D eigenvalue weighted by atomic mass is 32.2. The first-order valence-electron chi connectivity index (χ1n) is 11.5. The molecule has 0 spiro atoms. The Kier molecular flexibility index (Phi) is 6.58. The van der Waals surface area contributed by atoms with Gasteiger partial charge < -0.3 is 10.0 Å². The summed E-state index contributed by atoms with van der Waals surface area (Å²) in [5.41, 5.74) is -9.15. The average molecular weight is 574 g/mol. The first kappa shape index (κ1) is 28.5. The van der Waals surface area contributed by atoms with E-state index < -0.39 is 74.4 Å². The lowest BCUT2D eigenvalue weighted by Gasteiger charge is -2.55. The molecule has 3 atom stereocenters. The second kappa shape index (κ2) is 8.77. The Labute approximate surface area is 212 Å². The standard InChI is InChI=1S/C24H23F8NO4S/c1-20-9-8-15(22(26,23(27,28)29)24(30,31)32)12-14(20)2-7-18-21(20,10-11-33(18)19(35)13-34)38(36,37)17-5-3-16(25)4-6-17/h3-6,8,12,18,34H,2,7,9-11,13H2,1H3/t18-,20?,21+/m1/s1. The minimum absolute atomic E-state index is 0.134. The van der Waals surface area contributed by atoms with Crippen LogP contribution < -0.4 is 0 Å². The van der Waals surface area contributed by atoms with Crippen molar-refractivity contribution in [1.82, 2.24) is 4.90 Å². The van der Waals surface area contributed by atoms with E-state index in [1.165, 1.54) is 6.92 Å². The van der Waals surface area contributed by atoms with E-state index in [1.807, 2.05) is 0 Å². The number of nitrogens with zero attached hydrogens (tertiary/aromatic N) is 1. The first-order chi connectivity index (χ1) is 17.4. The third-order valence-electron chi connectivity index (χ3n) is 8.27. The molecule has 1 aromatic carbocycles. The van der Waals surface area contributed by atoms with Crippen LogP contribution in [0.4, 0.5) is 35.1 Å². The van der Waals surface area contributed by atoms with Crippen LogP contribution in [-0.2, 0) is 14.6 Å². The molecule has 2 fully saturated rings. The van der Waals surface area contributed by atoms with E-state index in [0.717, 1.165) is 29.2 Å². The largest absolute Gasteiger partial charge is 0.435 e. The molecule has 210 valence electrons. The van der Waals surface area contributed by atoms with E-state index in [1.54, 1.807) is 0 Å². The Bertz CT molecular complexity index is 1290. The first-order valence-corrected chi connectivity index (χ1v) is 13.0. The number of aliphatic hydroxyl groups excluding tert-OH is 1. The van der Waals surface area contributed by atoms with Gasteiger partial charge in [-0.15, -0.1) is 0 Å². The summed E-state index contributed by atoms with van der Waals surface area (Å²) in [7, 11) is -4.54. The molecular formula is C24H23F8NO4S. The number of amides is 1. The zero-order valence-corrected chi connectivity index (χ0v) is 20.7. The van der Waals surface area contributed by atoms with Gasteiger partial charge in [0.05, 0.1) is 10.9 Å². The fraction of sp³-hybridized carbons (Fsp3) is 0.542. The molecule has 14 heteroatoms. The zero-order valence-electron chi connectivity index (χ0n) is 19.8. The van der Waals surface area contributed by atoms with Crippen LogP contribution in [0.5, 0.6) is 0 Å². The second-order valence-corrected chi connectivity index (χ2v) is 12.1. The van der Waals surface area contributed by atoms with Crippen LogP contribution >= 0.6 is 0 Å². The SMILES string of the molecule is CC12CC=C(C(F)(C(F)(F)F)C(F)(F)F)C=C1CC[C@H]1N(C(=O)CO)CC[C@]12S(=O)(=O)c1ccc(F)cc1. The van der Waals surface area contributed by atoms with E-state index in [2.05, 4.69) is 0 Å². The molecule has 0 bridgehead atoms. The van der Waals surface area contributed by atoms with E-state index in [0.29, 0.717) is 12.2 Å². The molecule has 0 aromatic heterocycles. The molecule has 1 aromatic rings. The number of hydrogen-bond acceptors (Lipinski definition) is 4. The number of fused-ring (bicyclic) bond motifs is 3. The second-order valence-electron chi connectivity index (χ2n) is 9.92. The summed E-state index contributed by atoms with van der Waals surface area (Å²) in [4.78, 5) is 13.3. The van der Waals surface area contributed by atoms with Gasteiger partial charge in [0, 0.05) is 17.5 Å². The average Bonchev–Trinajstić information content (AvgIpc) is 3.24. The maximum Gasteiger partial charge on any atom is 0.435 e. The van der Waals surface area contributed by atoms with E-state index in [9.17, 15) is 53.4 Å². The van der Waals surface area contributed by atoms with Gasteiger partial charge in [0.2, 0.25) is 5.91 Å². The van der Waals surface area contributed by atoms with Crippen molar-refractivity contribution >= 4 is 15.7 Å². The summed E-state index contributed by atoms with van der Waals surface area (Å²) in [6, 6.07) is 2.63. The Morgan fingerprint density at radius 1 is 1.08 bits per heavy atom. The fourth-order valence-corrected chi connectivity index (χ4v) is 9.07. The number of carbonyl (C=O) groups excluding carboxylic acids is 1. The van der Waals surface area contributed by atoms with Crippen LogP contribution in [0.15, 0.2) is 52.5 Å². The highest BCUT2D eigenvalue weighted by Crippen LogP contribution is 2.63. The topological polar surface area (TPSA) is 74.7 Å². The van der Waals surface area contributed by atoms with Crippen LogP contribution in [0, 0.1) is 11.2 Å². The Balaban J connectivity index is 1.93. The molecule has 1 heterocycles. The summed E-state index contributed by atoms with van der Waals surface area (Å²) in [5.74, 6) is -1.55. The summed E-state index contributed by atoms with van der Waals surface area (Å²) < 4.78 is 136. The maximum absolute atomic E-state index is 14.9. The number of halogens is 8. The lowest BCUT2D eigenvalue weighted by atomic mass is 9.57. The minimum Gasteiger partial charge on any atom is -0.387 e. The summed E-state index contributed by atoms with van der Waals surface area (Å²) in [6.45, 7) is 0.240. The van der Waals surface area contributed by atoms with Gasteiger partial charge in [-0.3, -0.25) is 4.79 Å². The smallest absolute Gasteiger partial charge is 0.387 e. The van der Waals surface area contributed by atoms with Gasteiger partial charge in [0.15, 0.2) is 9.84 Å². The molecule has 5 nitrogen and oxygen atoms in total. The summed E-state index contributed by atoms with van der Waals surface area (Å²) in [5, 5.41) is 9.44. The number of hydrogen-bond donors (Lipinski definition) is 1. The van der Waals surface area contributed by atoms with Crippen molar-refractivity contribution in [2.45, 2.75) is 66.3 Å². The highest BCUT2D eigenvalue weighted by molar-refractivity contribution is 7.93. The van der Waals surface area contributed by atoms with Crippen molar-refractivity contribution in [3.8, 4) is 0 Å². The summed E-state index contributed by atoms with van der Waals surface area (Å²) >= 11 is 0. The van der Waals surface area contributed by atoms with Crippen molar-refractivity contribution in [2.75, 3.05) is 13.2 Å². The lowest BCUT2D eigenvalue weighted by molar-refractivity contribution is -0.325. The van der Waals surface area contributed by atoms with E-state index >= 15 is 0 Å². The summed E-state index contributed by atoms with van der Waals surface area (Å²) in [6.07, 6.45) is -13.2. The molecule has 4 rings (SSSR count). The van der Waals surface area contributed by atoms with Crippen LogP contribution in [0.3, 0.4) is 0 Å². The number of sulfone groups is 1. The maximum atomic E-state index is 14.9. The van der Waals surface area contributed by atoms with Gasteiger partial charge in [-0.05, 0) is 49.9 Å². The lowest BCUT2D eigenvalue weighted by Crippen LogP contribution is -2.64. The normalized spacial score (nSPS) is 28.4. The minimum atomic E-state index is -6.34. The van der Waals surface area contributed by atoms with Crippen molar-refractivity contribution < 1.29 is 53.4 Å². The molecular weight excluding hydrogens is 550 g/mol. The quantitative estimate of drug-likeness (QED) is 0.414. The number of likely N-dealkylation sites (tertiary alicyclic amines) is 1.